The van der Waals surface area contributed by atoms with Crippen LogP contribution in [0.15, 0.2) is 0 Å². The van der Waals surface area contributed by atoms with Gasteiger partial charge in [0.2, 0.25) is 0 Å². The molecule has 4 fully saturated rings. The lowest BCUT2D eigenvalue weighted by molar-refractivity contribution is -0.194. The molecular weight excluding hydrogens is 395 g/mol. The van der Waals surface area contributed by atoms with Crippen LogP contribution in [-0.2, 0) is 4.79 Å². The summed E-state index contributed by atoms with van der Waals surface area (Å²) in [5.74, 6) is 3.70. The van der Waals surface area contributed by atoms with Gasteiger partial charge in [-0.05, 0) is 87.9 Å². The average molecular weight is 447 g/mol. The van der Waals surface area contributed by atoms with E-state index in [4.69, 9.17) is 0 Å². The molecule has 32 heavy (non-hydrogen) atoms. The molecule has 4 saturated carbocycles. The lowest BCUT2D eigenvalue weighted by Crippen LogP contribution is -2.69. The maximum Gasteiger partial charge on any atom is 0.151 e. The summed E-state index contributed by atoms with van der Waals surface area (Å²) in [4.78, 5) is 13.5. The first-order chi connectivity index (χ1) is 15.6. The van der Waals surface area contributed by atoms with Gasteiger partial charge in [0, 0.05) is 0 Å². The van der Waals surface area contributed by atoms with E-state index < -0.39 is 17.0 Å². The summed E-state index contributed by atoms with van der Waals surface area (Å²) in [6.07, 6.45) is 23.3. The quantitative estimate of drug-likeness (QED) is 0.322. The molecule has 0 heterocycles. The fourth-order valence-electron chi connectivity index (χ4n) is 8.55. The first kappa shape index (κ1) is 24.7. The Hall–Kier alpha value is -0.400. The maximum atomic E-state index is 15.8. The van der Waals surface area contributed by atoms with Gasteiger partial charge < -0.3 is 0 Å². The standard InChI is InChI=1S/C30H51FO/c1-3-5-7-8-10-24-15-19-29(20-16-24)27(31)30(28(29)32)21-17-26(18-22-30)25-13-11-23(12-14-25)9-6-4-2/h23-27H,3-22H2,1-2H3/t23?,24?,25?,26?,27-,29?,30?/m1/s1. The fourth-order valence-corrected chi connectivity index (χ4v) is 8.55. The van der Waals surface area contributed by atoms with Crippen molar-refractivity contribution in [1.82, 2.24) is 0 Å². The molecule has 0 bridgehead atoms. The number of alkyl halides is 1. The van der Waals surface area contributed by atoms with Gasteiger partial charge in [0.1, 0.15) is 6.17 Å². The molecule has 0 aromatic heterocycles. The van der Waals surface area contributed by atoms with Crippen LogP contribution in [0.4, 0.5) is 4.39 Å². The molecule has 0 amide bonds. The summed E-state index contributed by atoms with van der Waals surface area (Å²) >= 11 is 0. The zero-order chi connectivity index (χ0) is 22.6. The van der Waals surface area contributed by atoms with Crippen LogP contribution in [0.25, 0.3) is 0 Å². The molecule has 0 aromatic rings. The van der Waals surface area contributed by atoms with Crippen molar-refractivity contribution < 1.29 is 9.18 Å². The number of hydrogen-bond donors (Lipinski definition) is 0. The second-order valence-corrected chi connectivity index (χ2v) is 12.6. The number of Topliss-reactive ketones (excluding diaryl/α,β-unsaturated/α-hetero) is 1. The smallest absolute Gasteiger partial charge is 0.151 e. The molecule has 2 heteroatoms. The summed E-state index contributed by atoms with van der Waals surface area (Å²) in [5, 5.41) is 0. The molecule has 0 radical (unpaired) electrons. The SMILES string of the molecule is CCCCCCC1CCC2(CC1)C(=O)C1(CCC(C3CCC(CCCC)CC3)CC1)[C@@H]2F. The van der Waals surface area contributed by atoms with Crippen molar-refractivity contribution in [2.45, 2.75) is 148 Å². The van der Waals surface area contributed by atoms with Crippen molar-refractivity contribution in [2.75, 3.05) is 0 Å². The number of carbonyl (C=O) groups is 1. The summed E-state index contributed by atoms with van der Waals surface area (Å²) in [6.45, 7) is 4.56. The Morgan fingerprint density at radius 1 is 0.656 bits per heavy atom. The average Bonchev–Trinajstić information content (AvgIpc) is 2.85. The van der Waals surface area contributed by atoms with Crippen LogP contribution in [0.5, 0.6) is 0 Å². The molecule has 4 rings (SSSR count). The number of hydrogen-bond acceptors (Lipinski definition) is 1. The molecule has 4 aliphatic carbocycles. The normalized spacial score (nSPS) is 42.3. The van der Waals surface area contributed by atoms with Crippen molar-refractivity contribution >= 4 is 5.78 Å². The molecule has 0 aromatic carbocycles. The van der Waals surface area contributed by atoms with Gasteiger partial charge in [-0.3, -0.25) is 4.79 Å². The zero-order valence-corrected chi connectivity index (χ0v) is 21.3. The van der Waals surface area contributed by atoms with Gasteiger partial charge in [0.05, 0.1) is 10.8 Å². The molecular formula is C30H51FO. The van der Waals surface area contributed by atoms with E-state index in [9.17, 15) is 4.79 Å². The number of ketones is 1. The highest BCUT2D eigenvalue weighted by Crippen LogP contribution is 2.66. The van der Waals surface area contributed by atoms with Crippen LogP contribution in [-0.4, -0.2) is 12.0 Å². The molecule has 0 unspecified atom stereocenters. The maximum absolute atomic E-state index is 15.8. The van der Waals surface area contributed by atoms with Crippen LogP contribution in [0.2, 0.25) is 0 Å². The highest BCUT2D eigenvalue weighted by Gasteiger charge is 2.71. The molecule has 0 saturated heterocycles. The van der Waals surface area contributed by atoms with Crippen LogP contribution in [0, 0.1) is 34.5 Å². The van der Waals surface area contributed by atoms with Gasteiger partial charge in [-0.2, -0.15) is 0 Å². The van der Waals surface area contributed by atoms with Gasteiger partial charge in [-0.15, -0.1) is 0 Å². The highest BCUT2D eigenvalue weighted by atomic mass is 19.1. The zero-order valence-electron chi connectivity index (χ0n) is 21.3. The van der Waals surface area contributed by atoms with Gasteiger partial charge in [0.15, 0.2) is 5.78 Å². The number of unbranched alkanes of at least 4 members (excludes halogenated alkanes) is 4. The van der Waals surface area contributed by atoms with E-state index in [0.717, 1.165) is 75.0 Å². The third kappa shape index (κ3) is 4.72. The van der Waals surface area contributed by atoms with E-state index in [1.807, 2.05) is 0 Å². The summed E-state index contributed by atoms with van der Waals surface area (Å²) in [7, 11) is 0. The van der Waals surface area contributed by atoms with E-state index in [1.54, 1.807) is 0 Å². The van der Waals surface area contributed by atoms with E-state index in [0.29, 0.717) is 5.78 Å². The van der Waals surface area contributed by atoms with E-state index in [1.165, 1.54) is 77.0 Å². The topological polar surface area (TPSA) is 17.1 Å². The summed E-state index contributed by atoms with van der Waals surface area (Å²) < 4.78 is 15.8. The van der Waals surface area contributed by atoms with Crippen molar-refractivity contribution in [3.63, 3.8) is 0 Å². The summed E-state index contributed by atoms with van der Waals surface area (Å²) in [6, 6.07) is 0. The largest absolute Gasteiger partial charge is 0.298 e. The minimum atomic E-state index is -0.839. The van der Waals surface area contributed by atoms with E-state index in [-0.39, 0.29) is 0 Å². The minimum absolute atomic E-state index is 0.364. The molecule has 2 spiro atoms. The van der Waals surface area contributed by atoms with Crippen molar-refractivity contribution in [3.05, 3.63) is 0 Å². The lowest BCUT2D eigenvalue weighted by atomic mass is 9.41. The first-order valence-corrected chi connectivity index (χ1v) is 14.7. The third-order valence-electron chi connectivity index (χ3n) is 10.8. The molecule has 1 nitrogen and oxygen atoms in total. The Labute approximate surface area is 198 Å². The fraction of sp³-hybridized carbons (Fsp3) is 0.967. The van der Waals surface area contributed by atoms with Crippen molar-refractivity contribution in [1.29, 1.82) is 0 Å². The summed E-state index contributed by atoms with van der Waals surface area (Å²) in [5.41, 5.74) is -1.13. The predicted molar refractivity (Wildman–Crippen MR) is 132 cm³/mol. The van der Waals surface area contributed by atoms with E-state index in [2.05, 4.69) is 13.8 Å². The lowest BCUT2D eigenvalue weighted by Gasteiger charge is -2.61. The van der Waals surface area contributed by atoms with Crippen LogP contribution in [0.3, 0.4) is 0 Å². The number of carbonyl (C=O) groups excluding carboxylic acids is 1. The first-order valence-electron chi connectivity index (χ1n) is 14.7. The van der Waals surface area contributed by atoms with Gasteiger partial charge in [0.25, 0.3) is 0 Å². The Bertz CT molecular complexity index is 588. The number of halogens is 1. The van der Waals surface area contributed by atoms with Gasteiger partial charge in [-0.25, -0.2) is 4.39 Å². The van der Waals surface area contributed by atoms with Crippen molar-refractivity contribution in [3.8, 4) is 0 Å². The molecule has 1 atom stereocenters. The Morgan fingerprint density at radius 2 is 1.16 bits per heavy atom. The molecule has 0 aliphatic heterocycles. The molecule has 4 aliphatic rings. The van der Waals surface area contributed by atoms with Crippen LogP contribution < -0.4 is 0 Å². The van der Waals surface area contributed by atoms with E-state index >= 15 is 4.39 Å². The predicted octanol–water partition coefficient (Wildman–Crippen LogP) is 9.23. The second-order valence-electron chi connectivity index (χ2n) is 12.6. The second kappa shape index (κ2) is 10.9. The number of rotatable bonds is 9. The van der Waals surface area contributed by atoms with Gasteiger partial charge >= 0.3 is 0 Å². The minimum Gasteiger partial charge on any atom is -0.298 e. The monoisotopic (exact) mass is 446 g/mol. The van der Waals surface area contributed by atoms with Crippen LogP contribution in [0.1, 0.15) is 142 Å². The van der Waals surface area contributed by atoms with Gasteiger partial charge in [-0.1, -0.05) is 78.1 Å². The highest BCUT2D eigenvalue weighted by molar-refractivity contribution is 5.98. The Morgan fingerprint density at radius 3 is 1.72 bits per heavy atom. The van der Waals surface area contributed by atoms with Crippen LogP contribution >= 0.6 is 0 Å². The third-order valence-corrected chi connectivity index (χ3v) is 10.8. The Kier molecular flexibility index (Phi) is 8.42. The Balaban J connectivity index is 1.22. The molecule has 184 valence electrons. The van der Waals surface area contributed by atoms with Crippen molar-refractivity contribution in [2.24, 2.45) is 34.5 Å². The molecule has 0 N–H and O–H groups in total.